The molecule has 0 radical (unpaired) electrons. The van der Waals surface area contributed by atoms with Crippen molar-refractivity contribution in [1.29, 1.82) is 0 Å². The first-order chi connectivity index (χ1) is 7.59. The van der Waals surface area contributed by atoms with Crippen LogP contribution in [0.1, 0.15) is 18.9 Å². The van der Waals surface area contributed by atoms with Gasteiger partial charge in [0.1, 0.15) is 4.99 Å². The predicted octanol–water partition coefficient (Wildman–Crippen LogP) is 1.92. The maximum Gasteiger partial charge on any atom is 0.227 e. The third-order valence-corrected chi connectivity index (χ3v) is 3.12. The SMILES string of the molecule is CC1CC1C(=O)Nc1ccccc1C(N)=S. The Hall–Kier alpha value is -1.42. The van der Waals surface area contributed by atoms with Crippen LogP contribution < -0.4 is 11.1 Å². The molecule has 84 valence electrons. The van der Waals surface area contributed by atoms with Crippen LogP contribution in [0.25, 0.3) is 0 Å². The van der Waals surface area contributed by atoms with Crippen molar-refractivity contribution in [1.82, 2.24) is 0 Å². The molecule has 1 fully saturated rings. The van der Waals surface area contributed by atoms with Crippen LogP contribution in [0.5, 0.6) is 0 Å². The summed E-state index contributed by atoms with van der Waals surface area (Å²) < 4.78 is 0. The lowest BCUT2D eigenvalue weighted by atomic mass is 10.1. The maximum atomic E-state index is 11.8. The summed E-state index contributed by atoms with van der Waals surface area (Å²) in [6.07, 6.45) is 0.973. The Morgan fingerprint density at radius 1 is 1.50 bits per heavy atom. The average molecular weight is 234 g/mol. The van der Waals surface area contributed by atoms with Gasteiger partial charge in [-0.3, -0.25) is 4.79 Å². The fourth-order valence-electron chi connectivity index (χ4n) is 1.72. The number of para-hydroxylation sites is 1. The molecule has 0 bridgehead atoms. The third-order valence-electron chi connectivity index (χ3n) is 2.90. The maximum absolute atomic E-state index is 11.8. The average Bonchev–Trinajstić information content (AvgIpc) is 2.96. The Morgan fingerprint density at radius 2 is 2.12 bits per heavy atom. The standard InChI is InChI=1S/C12H14N2OS/c1-7-6-9(7)12(15)14-10-5-3-2-4-8(10)11(13)16/h2-5,7,9H,6H2,1H3,(H2,13,16)(H,14,15). The molecule has 0 saturated heterocycles. The van der Waals surface area contributed by atoms with Gasteiger partial charge >= 0.3 is 0 Å². The summed E-state index contributed by atoms with van der Waals surface area (Å²) >= 11 is 4.93. The highest BCUT2D eigenvalue weighted by Crippen LogP contribution is 2.38. The zero-order valence-electron chi connectivity index (χ0n) is 9.07. The third kappa shape index (κ3) is 2.22. The number of carbonyl (C=O) groups excluding carboxylic acids is 1. The minimum absolute atomic E-state index is 0.0659. The highest BCUT2D eigenvalue weighted by atomic mass is 32.1. The molecule has 1 saturated carbocycles. The second-order valence-electron chi connectivity index (χ2n) is 4.22. The Morgan fingerprint density at radius 3 is 2.69 bits per heavy atom. The minimum atomic E-state index is 0.0659. The van der Waals surface area contributed by atoms with Crippen LogP contribution in [0.15, 0.2) is 24.3 Å². The van der Waals surface area contributed by atoms with Crippen molar-refractivity contribution in [3.05, 3.63) is 29.8 Å². The molecule has 3 N–H and O–H groups in total. The van der Waals surface area contributed by atoms with E-state index in [0.29, 0.717) is 16.6 Å². The zero-order chi connectivity index (χ0) is 11.7. The van der Waals surface area contributed by atoms with Crippen LogP contribution >= 0.6 is 12.2 Å². The van der Waals surface area contributed by atoms with Gasteiger partial charge < -0.3 is 11.1 Å². The molecule has 4 heteroatoms. The Balaban J connectivity index is 2.14. The number of nitrogens with one attached hydrogen (secondary N) is 1. The molecule has 0 spiro atoms. The first kappa shape index (κ1) is 11.1. The lowest BCUT2D eigenvalue weighted by Gasteiger charge is -2.09. The van der Waals surface area contributed by atoms with E-state index in [0.717, 1.165) is 12.0 Å². The van der Waals surface area contributed by atoms with Gasteiger partial charge in [0.05, 0.1) is 5.69 Å². The molecule has 1 amide bonds. The molecule has 0 aromatic heterocycles. The lowest BCUT2D eigenvalue weighted by Crippen LogP contribution is -2.19. The molecule has 1 aromatic carbocycles. The van der Waals surface area contributed by atoms with E-state index in [1.54, 1.807) is 0 Å². The fraction of sp³-hybridized carbons (Fsp3) is 0.333. The van der Waals surface area contributed by atoms with Gasteiger partial charge in [-0.2, -0.15) is 0 Å². The van der Waals surface area contributed by atoms with Crippen molar-refractivity contribution >= 4 is 28.8 Å². The van der Waals surface area contributed by atoms with Crippen LogP contribution in [0.2, 0.25) is 0 Å². The normalized spacial score (nSPS) is 22.6. The number of rotatable bonds is 3. The second kappa shape index (κ2) is 4.22. The van der Waals surface area contributed by atoms with E-state index in [4.69, 9.17) is 18.0 Å². The first-order valence-corrected chi connectivity index (χ1v) is 5.70. The van der Waals surface area contributed by atoms with Crippen molar-refractivity contribution < 1.29 is 4.79 Å². The molecule has 2 rings (SSSR count). The molecule has 3 nitrogen and oxygen atoms in total. The summed E-state index contributed by atoms with van der Waals surface area (Å²) in [5.41, 5.74) is 7.02. The smallest absolute Gasteiger partial charge is 0.227 e. The van der Waals surface area contributed by atoms with Gasteiger partial charge in [0.15, 0.2) is 0 Å². The lowest BCUT2D eigenvalue weighted by molar-refractivity contribution is -0.117. The zero-order valence-corrected chi connectivity index (χ0v) is 9.88. The molecular weight excluding hydrogens is 220 g/mol. The molecule has 1 aliphatic rings. The number of benzene rings is 1. The number of amides is 1. The van der Waals surface area contributed by atoms with Gasteiger partial charge in [0.25, 0.3) is 0 Å². The van der Waals surface area contributed by atoms with E-state index < -0.39 is 0 Å². The number of nitrogens with two attached hydrogens (primary N) is 1. The van der Waals surface area contributed by atoms with E-state index in [1.165, 1.54) is 0 Å². The van der Waals surface area contributed by atoms with Gasteiger partial charge in [-0.15, -0.1) is 0 Å². The van der Waals surface area contributed by atoms with Gasteiger partial charge in [0.2, 0.25) is 5.91 Å². The number of thiocarbonyl (C=S) groups is 1. The monoisotopic (exact) mass is 234 g/mol. The first-order valence-electron chi connectivity index (χ1n) is 5.29. The number of anilines is 1. The molecular formula is C12H14N2OS. The Labute approximate surface area is 100 Å². The number of carbonyl (C=O) groups is 1. The van der Waals surface area contributed by atoms with Gasteiger partial charge in [-0.25, -0.2) is 0 Å². The van der Waals surface area contributed by atoms with Crippen LogP contribution in [0, 0.1) is 11.8 Å². The molecule has 2 unspecified atom stereocenters. The molecule has 0 aliphatic heterocycles. The summed E-state index contributed by atoms with van der Waals surface area (Å²) in [5.74, 6) is 0.715. The van der Waals surface area contributed by atoms with Crippen molar-refractivity contribution in [2.24, 2.45) is 17.6 Å². The summed E-state index contributed by atoms with van der Waals surface area (Å²) in [6.45, 7) is 2.07. The van der Waals surface area contributed by atoms with Crippen molar-refractivity contribution in [3.63, 3.8) is 0 Å². The highest BCUT2D eigenvalue weighted by molar-refractivity contribution is 7.80. The second-order valence-corrected chi connectivity index (χ2v) is 4.66. The summed E-state index contributed by atoms with van der Waals surface area (Å²) in [5, 5.41) is 2.88. The summed E-state index contributed by atoms with van der Waals surface area (Å²) in [7, 11) is 0. The van der Waals surface area contributed by atoms with Crippen molar-refractivity contribution in [3.8, 4) is 0 Å². The van der Waals surface area contributed by atoms with Crippen LogP contribution in [-0.2, 0) is 4.79 Å². The van der Waals surface area contributed by atoms with Crippen molar-refractivity contribution in [2.75, 3.05) is 5.32 Å². The van der Waals surface area contributed by atoms with E-state index >= 15 is 0 Å². The van der Waals surface area contributed by atoms with Gasteiger partial charge in [-0.1, -0.05) is 31.3 Å². The van der Waals surface area contributed by atoms with E-state index in [2.05, 4.69) is 12.2 Å². The Kier molecular flexibility index (Phi) is 2.92. The number of hydrogen-bond donors (Lipinski definition) is 2. The number of hydrogen-bond acceptors (Lipinski definition) is 2. The van der Waals surface area contributed by atoms with Gasteiger partial charge in [-0.05, 0) is 24.5 Å². The largest absolute Gasteiger partial charge is 0.389 e. The molecule has 16 heavy (non-hydrogen) atoms. The minimum Gasteiger partial charge on any atom is -0.389 e. The summed E-state index contributed by atoms with van der Waals surface area (Å²) in [4.78, 5) is 12.1. The molecule has 2 atom stereocenters. The van der Waals surface area contributed by atoms with Crippen LogP contribution in [0.4, 0.5) is 5.69 Å². The predicted molar refractivity (Wildman–Crippen MR) is 68.2 cm³/mol. The van der Waals surface area contributed by atoms with Crippen LogP contribution in [-0.4, -0.2) is 10.9 Å². The van der Waals surface area contributed by atoms with Crippen molar-refractivity contribution in [2.45, 2.75) is 13.3 Å². The molecule has 1 aromatic rings. The molecule has 0 heterocycles. The Bertz CT molecular complexity index is 444. The van der Waals surface area contributed by atoms with E-state index in [9.17, 15) is 4.79 Å². The molecule has 1 aliphatic carbocycles. The van der Waals surface area contributed by atoms with Gasteiger partial charge in [0, 0.05) is 11.5 Å². The summed E-state index contributed by atoms with van der Waals surface area (Å²) in [6, 6.07) is 7.34. The van der Waals surface area contributed by atoms with E-state index in [-0.39, 0.29) is 11.8 Å². The van der Waals surface area contributed by atoms with Crippen LogP contribution in [0.3, 0.4) is 0 Å². The fourth-order valence-corrected chi connectivity index (χ4v) is 1.90. The topological polar surface area (TPSA) is 55.1 Å². The highest BCUT2D eigenvalue weighted by Gasteiger charge is 2.39. The quantitative estimate of drug-likeness (QED) is 0.786. The van der Waals surface area contributed by atoms with E-state index in [1.807, 2.05) is 24.3 Å².